The number of aromatic hydroxyl groups is 2. The van der Waals surface area contributed by atoms with Gasteiger partial charge in [-0.05, 0) is 57.6 Å². The van der Waals surface area contributed by atoms with Gasteiger partial charge in [0, 0.05) is 61.5 Å². The summed E-state index contributed by atoms with van der Waals surface area (Å²) in [4.78, 5) is 4.68. The van der Waals surface area contributed by atoms with Crippen molar-refractivity contribution in [2.24, 2.45) is 0 Å². The Morgan fingerprint density at radius 1 is 0.345 bits per heavy atom. The number of nitrogens with zero attached hydrogens (tertiary/aromatic N) is 2. The maximum Gasteiger partial charge on any atom is 0.131 e. The number of rotatable bonds is 8. The van der Waals surface area contributed by atoms with E-state index in [-0.39, 0.29) is 11.5 Å². The van der Waals surface area contributed by atoms with E-state index in [9.17, 15) is 10.2 Å². The van der Waals surface area contributed by atoms with E-state index < -0.39 is 0 Å². The van der Waals surface area contributed by atoms with Crippen LogP contribution in [-0.4, -0.2) is 99.0 Å². The first kappa shape index (κ1) is 40.9. The van der Waals surface area contributed by atoms with E-state index in [1.54, 1.807) is 0 Å². The molecule has 1 aliphatic rings. The Morgan fingerprint density at radius 2 is 0.586 bits per heavy atom. The minimum absolute atomic E-state index is 0.283. The maximum absolute atomic E-state index is 11.5. The maximum atomic E-state index is 11.5. The second kappa shape index (κ2) is 21.4. The summed E-state index contributed by atoms with van der Waals surface area (Å²) in [5, 5.41) is 22.9. The quantitative estimate of drug-likeness (QED) is 0.158. The monoisotopic (exact) mass is 778 g/mol. The largest absolute Gasteiger partial charge is 0.507 e. The third-order valence-electron chi connectivity index (χ3n) is 10.4. The van der Waals surface area contributed by atoms with Crippen LogP contribution in [0.5, 0.6) is 11.5 Å². The van der Waals surface area contributed by atoms with Gasteiger partial charge in [-0.25, -0.2) is 0 Å². The molecule has 300 valence electrons. The number of phenolic OH excluding ortho intramolecular Hbond substituents is 2. The fourth-order valence-corrected chi connectivity index (χ4v) is 7.40. The summed E-state index contributed by atoms with van der Waals surface area (Å²) in [6.45, 7) is 8.47. The lowest BCUT2D eigenvalue weighted by molar-refractivity contribution is 0.00624. The molecule has 58 heavy (non-hydrogen) atoms. The Balaban J connectivity index is 0.989. The molecule has 0 bridgehead atoms. The highest BCUT2D eigenvalue weighted by Crippen LogP contribution is 2.41. The first-order chi connectivity index (χ1) is 28.6. The molecule has 1 saturated heterocycles. The molecule has 0 atom stereocenters. The zero-order chi connectivity index (χ0) is 39.8. The summed E-state index contributed by atoms with van der Waals surface area (Å²) in [5.41, 5.74) is 9.37. The third-order valence-corrected chi connectivity index (χ3v) is 10.4. The van der Waals surface area contributed by atoms with Crippen LogP contribution in [0.15, 0.2) is 146 Å². The summed E-state index contributed by atoms with van der Waals surface area (Å²) in [6.07, 6.45) is 0. The van der Waals surface area contributed by atoms with Crippen LogP contribution < -0.4 is 0 Å². The predicted molar refractivity (Wildman–Crippen MR) is 232 cm³/mol. The Morgan fingerprint density at radius 3 is 0.828 bits per heavy atom. The lowest BCUT2D eigenvalue weighted by Gasteiger charge is -2.25. The van der Waals surface area contributed by atoms with Crippen molar-refractivity contribution in [3.63, 3.8) is 0 Å². The lowest BCUT2D eigenvalue weighted by atomic mass is 9.94. The average Bonchev–Trinajstić information content (AvgIpc) is 3.27. The fraction of sp³-hybridized carbons (Fsp3) is 0.280. The fourth-order valence-electron chi connectivity index (χ4n) is 7.40. The number of hydrogen-bond donors (Lipinski definition) is 2. The Bertz CT molecular complexity index is 1840. The molecule has 6 aromatic carbocycles. The van der Waals surface area contributed by atoms with Crippen LogP contribution in [0.25, 0.3) is 44.5 Å². The second-order valence-corrected chi connectivity index (χ2v) is 14.5. The van der Waals surface area contributed by atoms with E-state index in [2.05, 4.69) is 34.1 Å². The van der Waals surface area contributed by atoms with Crippen LogP contribution in [0, 0.1) is 0 Å². The molecule has 0 unspecified atom stereocenters. The van der Waals surface area contributed by atoms with Gasteiger partial charge in [-0.2, -0.15) is 0 Å². The molecule has 0 spiro atoms. The highest BCUT2D eigenvalue weighted by Gasteiger charge is 2.18. The van der Waals surface area contributed by atoms with Crippen molar-refractivity contribution in [2.75, 3.05) is 79.0 Å². The van der Waals surface area contributed by atoms with Crippen molar-refractivity contribution in [2.45, 2.75) is 13.1 Å². The molecule has 0 radical (unpaired) electrons. The highest BCUT2D eigenvalue weighted by molar-refractivity contribution is 5.84. The molecule has 0 amide bonds. The van der Waals surface area contributed by atoms with Gasteiger partial charge in [-0.3, -0.25) is 9.80 Å². The van der Waals surface area contributed by atoms with Gasteiger partial charge in [0.1, 0.15) is 11.5 Å². The zero-order valence-corrected chi connectivity index (χ0v) is 33.2. The van der Waals surface area contributed by atoms with Gasteiger partial charge >= 0.3 is 0 Å². The van der Waals surface area contributed by atoms with Crippen LogP contribution in [0.2, 0.25) is 0 Å². The smallest absolute Gasteiger partial charge is 0.131 e. The van der Waals surface area contributed by atoms with E-state index in [1.165, 1.54) is 0 Å². The van der Waals surface area contributed by atoms with E-state index in [4.69, 9.17) is 18.9 Å². The Labute approximate surface area is 342 Å². The Hall–Kier alpha value is -5.32. The van der Waals surface area contributed by atoms with E-state index in [0.717, 1.165) is 81.8 Å². The minimum atomic E-state index is 0.283. The Kier molecular flexibility index (Phi) is 15.1. The summed E-state index contributed by atoms with van der Waals surface area (Å²) in [6, 6.07) is 48.6. The molecule has 8 nitrogen and oxygen atoms in total. The summed E-state index contributed by atoms with van der Waals surface area (Å²) < 4.78 is 24.4. The second-order valence-electron chi connectivity index (χ2n) is 14.5. The van der Waals surface area contributed by atoms with Crippen LogP contribution in [0.3, 0.4) is 0 Å². The molecular weight excluding hydrogens is 725 g/mol. The van der Waals surface area contributed by atoms with Gasteiger partial charge in [0.25, 0.3) is 0 Å². The molecule has 1 aliphatic heterocycles. The predicted octanol–water partition coefficient (Wildman–Crippen LogP) is 9.15. The molecule has 2 N–H and O–H groups in total. The molecule has 0 aliphatic carbocycles. The molecule has 7 rings (SSSR count). The number of benzene rings is 6. The van der Waals surface area contributed by atoms with E-state index in [1.807, 2.05) is 121 Å². The van der Waals surface area contributed by atoms with E-state index in [0.29, 0.717) is 65.9 Å². The van der Waals surface area contributed by atoms with Crippen LogP contribution in [0.1, 0.15) is 11.1 Å². The van der Waals surface area contributed by atoms with Crippen molar-refractivity contribution in [1.82, 2.24) is 9.80 Å². The topological polar surface area (TPSA) is 83.9 Å². The number of ether oxygens (including phenoxy) is 4. The molecule has 0 saturated carbocycles. The molecule has 1 heterocycles. The van der Waals surface area contributed by atoms with Crippen LogP contribution in [0.4, 0.5) is 0 Å². The first-order valence-corrected chi connectivity index (χ1v) is 20.3. The van der Waals surface area contributed by atoms with Gasteiger partial charge in [0.15, 0.2) is 0 Å². The molecule has 1 fully saturated rings. The standard InChI is InChI=1S/C50H54N2O6/c53-49-45(41-13-5-1-6-14-41)33-39(34-46(49)42-15-7-2-8-16-42)37-51-21-25-55-29-31-57-27-23-52(24-28-58-32-30-56-26-22-51)38-40-35-47(43-17-9-3-10-18-43)50(54)48(36-40)44-19-11-4-12-20-44/h1-20,33-36,53-54H,21-32,37-38H2. The number of phenols is 2. The highest BCUT2D eigenvalue weighted by atomic mass is 16.5. The third kappa shape index (κ3) is 11.4. The zero-order valence-electron chi connectivity index (χ0n) is 33.2. The van der Waals surface area contributed by atoms with Crippen LogP contribution in [-0.2, 0) is 32.0 Å². The van der Waals surface area contributed by atoms with Gasteiger partial charge < -0.3 is 29.2 Å². The number of hydrogen-bond acceptors (Lipinski definition) is 8. The minimum Gasteiger partial charge on any atom is -0.507 e. The summed E-state index contributed by atoms with van der Waals surface area (Å²) in [7, 11) is 0. The van der Waals surface area contributed by atoms with Crippen LogP contribution >= 0.6 is 0 Å². The molecule has 0 aromatic heterocycles. The van der Waals surface area contributed by atoms with Crippen molar-refractivity contribution < 1.29 is 29.2 Å². The summed E-state index contributed by atoms with van der Waals surface area (Å²) in [5.74, 6) is 0.566. The molecular formula is C50H54N2O6. The summed E-state index contributed by atoms with van der Waals surface area (Å²) >= 11 is 0. The van der Waals surface area contributed by atoms with Gasteiger partial charge in [0.05, 0.1) is 52.9 Å². The van der Waals surface area contributed by atoms with Crippen molar-refractivity contribution in [1.29, 1.82) is 0 Å². The molecule has 6 aromatic rings. The normalized spacial score (nSPS) is 16.0. The SMILES string of the molecule is Oc1c(-c2ccccc2)cc(CN2CCOCCOCCN(Cc3cc(-c4ccccc4)c(O)c(-c4ccccc4)c3)CCOCCOCC2)cc1-c1ccccc1. The molecule has 8 heteroatoms. The first-order valence-electron chi connectivity index (χ1n) is 20.3. The van der Waals surface area contributed by atoms with E-state index >= 15 is 0 Å². The van der Waals surface area contributed by atoms with Crippen molar-refractivity contribution in [3.8, 4) is 56.0 Å². The van der Waals surface area contributed by atoms with Crippen molar-refractivity contribution in [3.05, 3.63) is 157 Å². The van der Waals surface area contributed by atoms with Gasteiger partial charge in [-0.1, -0.05) is 121 Å². The van der Waals surface area contributed by atoms with Gasteiger partial charge in [0.2, 0.25) is 0 Å². The van der Waals surface area contributed by atoms with Crippen molar-refractivity contribution >= 4 is 0 Å². The lowest BCUT2D eigenvalue weighted by Crippen LogP contribution is -2.32. The van der Waals surface area contributed by atoms with Gasteiger partial charge in [-0.15, -0.1) is 0 Å². The average molecular weight is 779 g/mol.